The van der Waals surface area contributed by atoms with E-state index in [0.29, 0.717) is 16.5 Å². The summed E-state index contributed by atoms with van der Waals surface area (Å²) in [5.74, 6) is -0.583. The van der Waals surface area contributed by atoms with Crippen LogP contribution in [0.1, 0.15) is 43.7 Å². The van der Waals surface area contributed by atoms with E-state index in [0.717, 1.165) is 0 Å². The second-order valence-electron chi connectivity index (χ2n) is 6.73. The number of rotatable bonds is 4. The van der Waals surface area contributed by atoms with Crippen molar-refractivity contribution in [2.24, 2.45) is 0 Å². The fourth-order valence-electron chi connectivity index (χ4n) is 2.39. The number of hydrogen-bond acceptors (Lipinski definition) is 4. The van der Waals surface area contributed by atoms with Crippen LogP contribution in [0.2, 0.25) is 5.02 Å². The second-order valence-corrected chi connectivity index (χ2v) is 7.14. The zero-order valence-corrected chi connectivity index (χ0v) is 15.6. The van der Waals surface area contributed by atoms with Crippen molar-refractivity contribution in [2.75, 3.05) is 13.2 Å². The van der Waals surface area contributed by atoms with E-state index in [-0.39, 0.29) is 23.1 Å². The van der Waals surface area contributed by atoms with Crippen LogP contribution in [0.15, 0.2) is 18.2 Å². The van der Waals surface area contributed by atoms with Crippen molar-refractivity contribution in [2.45, 2.75) is 39.3 Å². The quantitative estimate of drug-likeness (QED) is 0.665. The highest BCUT2D eigenvalue weighted by Gasteiger charge is 2.29. The topological polar surface area (TPSA) is 48.4 Å². The van der Waals surface area contributed by atoms with E-state index in [2.05, 4.69) is 4.98 Å². The van der Waals surface area contributed by atoms with Crippen LogP contribution in [0.4, 0.5) is 13.2 Å². The summed E-state index contributed by atoms with van der Waals surface area (Å²) in [6.07, 6.45) is -4.45. The van der Waals surface area contributed by atoms with Gasteiger partial charge in [-0.15, -0.1) is 0 Å². The smallest absolute Gasteiger partial charge is 0.422 e. The van der Waals surface area contributed by atoms with Crippen LogP contribution < -0.4 is 4.74 Å². The van der Waals surface area contributed by atoms with Crippen molar-refractivity contribution >= 4 is 28.5 Å². The molecule has 0 aliphatic carbocycles. The molecule has 0 fully saturated rings. The number of esters is 1. The summed E-state index contributed by atoms with van der Waals surface area (Å²) in [5, 5.41) is 0.588. The Hall–Kier alpha value is -2.02. The molecular formula is C18H19ClF3NO3. The van der Waals surface area contributed by atoms with Gasteiger partial charge in [0.25, 0.3) is 0 Å². The van der Waals surface area contributed by atoms with Gasteiger partial charge in [-0.3, -0.25) is 0 Å². The van der Waals surface area contributed by atoms with Gasteiger partial charge in [-0.1, -0.05) is 32.4 Å². The lowest BCUT2D eigenvalue weighted by Crippen LogP contribution is -2.20. The third-order valence-corrected chi connectivity index (χ3v) is 3.84. The van der Waals surface area contributed by atoms with Gasteiger partial charge >= 0.3 is 12.1 Å². The van der Waals surface area contributed by atoms with E-state index in [4.69, 9.17) is 21.1 Å². The lowest BCUT2D eigenvalue weighted by atomic mass is 9.85. The second kappa shape index (κ2) is 7.31. The molecule has 2 rings (SSSR count). The molecule has 0 amide bonds. The number of aromatic nitrogens is 1. The predicted molar refractivity (Wildman–Crippen MR) is 93.0 cm³/mol. The summed E-state index contributed by atoms with van der Waals surface area (Å²) in [4.78, 5) is 16.3. The minimum absolute atomic E-state index is 0.0346. The number of nitrogens with zero attached hydrogens (tertiary/aromatic N) is 1. The zero-order valence-electron chi connectivity index (χ0n) is 14.8. The van der Waals surface area contributed by atoms with Crippen LogP contribution in [-0.4, -0.2) is 30.3 Å². The van der Waals surface area contributed by atoms with Crippen molar-refractivity contribution in [3.05, 3.63) is 34.5 Å². The average molecular weight is 390 g/mol. The molecule has 0 radical (unpaired) electrons. The molecule has 26 heavy (non-hydrogen) atoms. The Morgan fingerprint density at radius 3 is 2.38 bits per heavy atom. The molecule has 0 saturated carbocycles. The fourth-order valence-corrected chi connectivity index (χ4v) is 2.64. The van der Waals surface area contributed by atoms with E-state index in [1.807, 2.05) is 20.8 Å². The van der Waals surface area contributed by atoms with E-state index in [9.17, 15) is 18.0 Å². The molecule has 0 spiro atoms. The van der Waals surface area contributed by atoms with Gasteiger partial charge in [0.1, 0.15) is 5.75 Å². The van der Waals surface area contributed by atoms with Gasteiger partial charge in [0.15, 0.2) is 12.3 Å². The minimum Gasteiger partial charge on any atom is -0.484 e. The van der Waals surface area contributed by atoms with Crippen LogP contribution in [0.3, 0.4) is 0 Å². The monoisotopic (exact) mass is 389 g/mol. The standard InChI is InChI=1S/C18H19ClF3NO3/c1-5-25-16(24)14-8-13(19)11-6-10(26-9-18(20,21)22)7-12(15(11)23-14)17(2,3)4/h6-8H,5,9H2,1-4H3. The number of halogens is 4. The molecule has 0 N–H and O–H groups in total. The molecule has 0 aliphatic heterocycles. The first-order chi connectivity index (χ1) is 11.9. The third-order valence-electron chi connectivity index (χ3n) is 3.53. The molecule has 4 nitrogen and oxygen atoms in total. The minimum atomic E-state index is -4.45. The fraction of sp³-hybridized carbons (Fsp3) is 0.444. The maximum atomic E-state index is 12.5. The summed E-state index contributed by atoms with van der Waals surface area (Å²) in [6.45, 7) is 6.08. The van der Waals surface area contributed by atoms with Crippen LogP contribution >= 0.6 is 11.6 Å². The lowest BCUT2D eigenvalue weighted by Gasteiger charge is -2.23. The SMILES string of the molecule is CCOC(=O)c1cc(Cl)c2cc(OCC(F)(F)F)cc(C(C)(C)C)c2n1. The molecule has 2 aromatic rings. The van der Waals surface area contributed by atoms with E-state index < -0.39 is 24.2 Å². The Balaban J connectivity index is 2.64. The Bertz CT molecular complexity index is 829. The summed E-state index contributed by atoms with van der Waals surface area (Å²) in [6, 6.07) is 4.22. The maximum Gasteiger partial charge on any atom is 0.422 e. The Morgan fingerprint density at radius 2 is 1.85 bits per heavy atom. The molecule has 1 heterocycles. The highest BCUT2D eigenvalue weighted by atomic mass is 35.5. The van der Waals surface area contributed by atoms with Gasteiger partial charge in [-0.25, -0.2) is 9.78 Å². The first-order valence-corrected chi connectivity index (χ1v) is 8.31. The third kappa shape index (κ3) is 4.78. The molecule has 0 saturated heterocycles. The molecule has 142 valence electrons. The van der Waals surface area contributed by atoms with Gasteiger partial charge in [0.05, 0.1) is 17.1 Å². The number of fused-ring (bicyclic) bond motifs is 1. The number of hydrogen-bond donors (Lipinski definition) is 0. The summed E-state index contributed by atoms with van der Waals surface area (Å²) < 4.78 is 47.2. The number of alkyl halides is 3. The number of benzene rings is 1. The lowest BCUT2D eigenvalue weighted by molar-refractivity contribution is -0.153. The predicted octanol–water partition coefficient (Wildman–Crippen LogP) is 5.30. The van der Waals surface area contributed by atoms with Gasteiger partial charge in [-0.2, -0.15) is 13.2 Å². The molecular weight excluding hydrogens is 371 g/mol. The number of carbonyl (C=O) groups is 1. The van der Waals surface area contributed by atoms with Crippen molar-refractivity contribution in [3.63, 3.8) is 0 Å². The summed E-state index contributed by atoms with van der Waals surface area (Å²) >= 11 is 6.26. The zero-order chi connectivity index (χ0) is 19.7. The molecule has 1 aromatic carbocycles. The summed E-state index contributed by atoms with van der Waals surface area (Å²) in [5.41, 5.74) is 0.603. The van der Waals surface area contributed by atoms with Crippen molar-refractivity contribution in [1.82, 2.24) is 4.98 Å². The Morgan fingerprint density at radius 1 is 1.19 bits per heavy atom. The van der Waals surface area contributed by atoms with Gasteiger partial charge in [-0.05, 0) is 36.1 Å². The largest absolute Gasteiger partial charge is 0.484 e. The van der Waals surface area contributed by atoms with E-state index >= 15 is 0 Å². The first kappa shape index (κ1) is 20.3. The maximum absolute atomic E-state index is 12.5. The molecule has 0 bridgehead atoms. The van der Waals surface area contributed by atoms with Crippen LogP contribution in [0, 0.1) is 0 Å². The summed E-state index contributed by atoms with van der Waals surface area (Å²) in [7, 11) is 0. The normalized spacial score (nSPS) is 12.3. The van der Waals surface area contributed by atoms with E-state index in [1.165, 1.54) is 18.2 Å². The van der Waals surface area contributed by atoms with Crippen molar-refractivity contribution in [1.29, 1.82) is 0 Å². The van der Waals surface area contributed by atoms with Crippen LogP contribution in [-0.2, 0) is 10.2 Å². The van der Waals surface area contributed by atoms with Gasteiger partial charge in [0.2, 0.25) is 0 Å². The van der Waals surface area contributed by atoms with Crippen LogP contribution in [0.5, 0.6) is 5.75 Å². The molecule has 8 heteroatoms. The Labute approximate surface area is 154 Å². The van der Waals surface area contributed by atoms with Crippen LogP contribution in [0.25, 0.3) is 10.9 Å². The number of carbonyl (C=O) groups excluding carboxylic acids is 1. The van der Waals surface area contributed by atoms with Gasteiger partial charge < -0.3 is 9.47 Å². The van der Waals surface area contributed by atoms with E-state index in [1.54, 1.807) is 6.92 Å². The number of ether oxygens (including phenoxy) is 2. The van der Waals surface area contributed by atoms with Crippen molar-refractivity contribution < 1.29 is 27.4 Å². The molecule has 1 aromatic heterocycles. The highest BCUT2D eigenvalue weighted by Crippen LogP contribution is 2.36. The van der Waals surface area contributed by atoms with Gasteiger partial charge in [0, 0.05) is 5.39 Å². The number of pyridine rings is 1. The van der Waals surface area contributed by atoms with Crippen molar-refractivity contribution in [3.8, 4) is 5.75 Å². The Kier molecular flexibility index (Phi) is 5.70. The highest BCUT2D eigenvalue weighted by molar-refractivity contribution is 6.35. The average Bonchev–Trinajstić information content (AvgIpc) is 2.51. The molecule has 0 unspecified atom stereocenters. The molecule has 0 aliphatic rings. The molecule has 0 atom stereocenters. The first-order valence-electron chi connectivity index (χ1n) is 7.94.